The molecule has 2 heterocycles. The van der Waals surface area contributed by atoms with E-state index in [-0.39, 0.29) is 30.1 Å². The smallest absolute Gasteiger partial charge is 0.227 e. The molecule has 0 spiro atoms. The lowest BCUT2D eigenvalue weighted by Crippen LogP contribution is -2.30. The normalized spacial score (nSPS) is 17.5. The second kappa shape index (κ2) is 7.46. The van der Waals surface area contributed by atoms with Crippen molar-refractivity contribution in [2.75, 3.05) is 22.1 Å². The summed E-state index contributed by atoms with van der Waals surface area (Å²) in [6, 6.07) is 13.4. The van der Waals surface area contributed by atoms with Crippen LogP contribution in [0.1, 0.15) is 30.9 Å². The Balaban J connectivity index is 1.34. The number of nitrogens with zero attached hydrogens (tertiary/aromatic N) is 1. The summed E-state index contributed by atoms with van der Waals surface area (Å²) in [5.74, 6) is -0.283. The Labute approximate surface area is 163 Å². The largest absolute Gasteiger partial charge is 0.326 e. The number of carbonyl (C=O) groups excluding carboxylic acids is 3. The van der Waals surface area contributed by atoms with E-state index < -0.39 is 0 Å². The fourth-order valence-corrected chi connectivity index (χ4v) is 3.98. The second-order valence-corrected chi connectivity index (χ2v) is 7.40. The summed E-state index contributed by atoms with van der Waals surface area (Å²) in [5.41, 5.74) is 4.69. The fraction of sp³-hybridized carbons (Fsp3) is 0.318. The van der Waals surface area contributed by atoms with Crippen LogP contribution in [0.15, 0.2) is 42.5 Å². The fourth-order valence-electron chi connectivity index (χ4n) is 3.98. The first-order chi connectivity index (χ1) is 13.5. The standard InChI is InChI=1S/C22H23N3O3/c1-14(26)25-11-10-16-13-18(7-8-20(16)25)23-21(27)9-6-17-12-15-4-2-3-5-19(15)24-22(17)28/h2-5,7-8,13,17H,6,9-12H2,1H3,(H,23,27)(H,24,28)/t17-/m0/s1. The van der Waals surface area contributed by atoms with Crippen molar-refractivity contribution in [2.45, 2.75) is 32.6 Å². The van der Waals surface area contributed by atoms with Crippen LogP contribution in [0.2, 0.25) is 0 Å². The molecule has 0 fully saturated rings. The quantitative estimate of drug-likeness (QED) is 0.859. The van der Waals surface area contributed by atoms with Gasteiger partial charge in [0.2, 0.25) is 17.7 Å². The Morgan fingerprint density at radius 2 is 2.00 bits per heavy atom. The van der Waals surface area contributed by atoms with Crippen LogP contribution in [0.3, 0.4) is 0 Å². The molecule has 0 saturated heterocycles. The van der Waals surface area contributed by atoms with Gasteiger partial charge >= 0.3 is 0 Å². The Bertz CT molecular complexity index is 954. The van der Waals surface area contributed by atoms with Gasteiger partial charge in [-0.3, -0.25) is 14.4 Å². The molecular formula is C22H23N3O3. The third kappa shape index (κ3) is 3.63. The number of hydrogen-bond donors (Lipinski definition) is 2. The monoisotopic (exact) mass is 377 g/mol. The summed E-state index contributed by atoms with van der Waals surface area (Å²) >= 11 is 0. The third-order valence-corrected chi connectivity index (χ3v) is 5.47. The summed E-state index contributed by atoms with van der Waals surface area (Å²) in [4.78, 5) is 38.0. The first kappa shape index (κ1) is 18.2. The topological polar surface area (TPSA) is 78.5 Å². The predicted octanol–water partition coefficient (Wildman–Crippen LogP) is 3.13. The van der Waals surface area contributed by atoms with E-state index in [4.69, 9.17) is 0 Å². The molecule has 2 aromatic carbocycles. The highest BCUT2D eigenvalue weighted by molar-refractivity contribution is 5.97. The molecule has 2 N–H and O–H groups in total. The Morgan fingerprint density at radius 3 is 2.82 bits per heavy atom. The third-order valence-electron chi connectivity index (χ3n) is 5.47. The van der Waals surface area contributed by atoms with Gasteiger partial charge in [0.15, 0.2) is 0 Å². The van der Waals surface area contributed by atoms with E-state index in [1.54, 1.807) is 11.8 Å². The molecule has 4 rings (SSSR count). The SMILES string of the molecule is CC(=O)N1CCc2cc(NC(=O)CC[C@H]3Cc4ccccc4NC3=O)ccc21. The minimum Gasteiger partial charge on any atom is -0.326 e. The molecule has 0 saturated carbocycles. The molecule has 3 amide bonds. The van der Waals surface area contributed by atoms with Crippen molar-refractivity contribution >= 4 is 34.8 Å². The lowest BCUT2D eigenvalue weighted by atomic mass is 9.89. The number of benzene rings is 2. The van der Waals surface area contributed by atoms with Crippen molar-refractivity contribution in [3.63, 3.8) is 0 Å². The summed E-state index contributed by atoms with van der Waals surface area (Å²) in [5, 5.41) is 5.84. The van der Waals surface area contributed by atoms with E-state index in [2.05, 4.69) is 10.6 Å². The molecule has 144 valence electrons. The molecule has 2 aliphatic rings. The van der Waals surface area contributed by atoms with Crippen LogP contribution in [-0.2, 0) is 27.2 Å². The van der Waals surface area contributed by atoms with Crippen LogP contribution in [-0.4, -0.2) is 24.3 Å². The van der Waals surface area contributed by atoms with Crippen LogP contribution in [0.5, 0.6) is 0 Å². The summed E-state index contributed by atoms with van der Waals surface area (Å²) in [7, 11) is 0. The van der Waals surface area contributed by atoms with Gasteiger partial charge in [-0.2, -0.15) is 0 Å². The molecule has 2 aliphatic heterocycles. The van der Waals surface area contributed by atoms with Gasteiger partial charge in [0.25, 0.3) is 0 Å². The van der Waals surface area contributed by atoms with Gasteiger partial charge in [0.05, 0.1) is 0 Å². The maximum Gasteiger partial charge on any atom is 0.227 e. The van der Waals surface area contributed by atoms with E-state index in [0.29, 0.717) is 19.4 Å². The summed E-state index contributed by atoms with van der Waals surface area (Å²) in [6.07, 6.45) is 2.25. The average Bonchev–Trinajstić information content (AvgIpc) is 3.10. The van der Waals surface area contributed by atoms with Crippen molar-refractivity contribution in [1.29, 1.82) is 0 Å². The maximum absolute atomic E-state index is 12.4. The highest BCUT2D eigenvalue weighted by Crippen LogP contribution is 2.31. The van der Waals surface area contributed by atoms with Crippen LogP contribution in [0.4, 0.5) is 17.1 Å². The minimum absolute atomic E-state index is 0.0200. The first-order valence-electron chi connectivity index (χ1n) is 9.61. The highest BCUT2D eigenvalue weighted by Gasteiger charge is 2.26. The number of rotatable bonds is 4. The molecule has 2 aromatic rings. The van der Waals surface area contributed by atoms with E-state index in [1.807, 2.05) is 42.5 Å². The maximum atomic E-state index is 12.4. The highest BCUT2D eigenvalue weighted by atomic mass is 16.2. The molecule has 0 bridgehead atoms. The van der Waals surface area contributed by atoms with Gasteiger partial charge in [-0.05, 0) is 54.7 Å². The molecule has 0 radical (unpaired) electrons. The van der Waals surface area contributed by atoms with Gasteiger partial charge in [-0.1, -0.05) is 18.2 Å². The second-order valence-electron chi connectivity index (χ2n) is 7.40. The van der Waals surface area contributed by atoms with Gasteiger partial charge in [0.1, 0.15) is 0 Å². The van der Waals surface area contributed by atoms with Crippen molar-refractivity contribution in [1.82, 2.24) is 0 Å². The van der Waals surface area contributed by atoms with Crippen molar-refractivity contribution in [2.24, 2.45) is 5.92 Å². The van der Waals surface area contributed by atoms with E-state index in [1.165, 1.54) is 0 Å². The number of amides is 3. The number of hydrogen-bond acceptors (Lipinski definition) is 3. The molecule has 6 heteroatoms. The zero-order valence-corrected chi connectivity index (χ0v) is 15.8. The lowest BCUT2D eigenvalue weighted by molar-refractivity contribution is -0.121. The number of anilines is 3. The van der Waals surface area contributed by atoms with Crippen LogP contribution >= 0.6 is 0 Å². The summed E-state index contributed by atoms with van der Waals surface area (Å²) in [6.45, 7) is 2.24. The Morgan fingerprint density at radius 1 is 1.18 bits per heavy atom. The van der Waals surface area contributed by atoms with Gasteiger partial charge in [-0.15, -0.1) is 0 Å². The molecule has 1 atom stereocenters. The molecule has 28 heavy (non-hydrogen) atoms. The van der Waals surface area contributed by atoms with Gasteiger partial charge in [-0.25, -0.2) is 0 Å². The lowest BCUT2D eigenvalue weighted by Gasteiger charge is -2.24. The van der Waals surface area contributed by atoms with E-state index in [0.717, 1.165) is 34.6 Å². The first-order valence-corrected chi connectivity index (χ1v) is 9.61. The van der Waals surface area contributed by atoms with Crippen molar-refractivity contribution < 1.29 is 14.4 Å². The number of nitrogens with one attached hydrogen (secondary N) is 2. The molecular weight excluding hydrogens is 354 g/mol. The van der Waals surface area contributed by atoms with E-state index in [9.17, 15) is 14.4 Å². The van der Waals surface area contributed by atoms with Crippen molar-refractivity contribution in [3.8, 4) is 0 Å². The van der Waals surface area contributed by atoms with Crippen LogP contribution in [0.25, 0.3) is 0 Å². The zero-order valence-electron chi connectivity index (χ0n) is 15.8. The van der Waals surface area contributed by atoms with Crippen LogP contribution in [0, 0.1) is 5.92 Å². The number of carbonyl (C=O) groups is 3. The predicted molar refractivity (Wildman–Crippen MR) is 108 cm³/mol. The van der Waals surface area contributed by atoms with E-state index >= 15 is 0 Å². The minimum atomic E-state index is -0.190. The van der Waals surface area contributed by atoms with Crippen molar-refractivity contribution in [3.05, 3.63) is 53.6 Å². The molecule has 6 nitrogen and oxygen atoms in total. The van der Waals surface area contributed by atoms with Gasteiger partial charge < -0.3 is 15.5 Å². The number of para-hydroxylation sites is 1. The van der Waals surface area contributed by atoms with Gasteiger partial charge in [0, 0.05) is 42.9 Å². The summed E-state index contributed by atoms with van der Waals surface area (Å²) < 4.78 is 0. The molecule has 0 aromatic heterocycles. The average molecular weight is 377 g/mol. The Hall–Kier alpha value is -3.15. The zero-order chi connectivity index (χ0) is 19.7. The Kier molecular flexibility index (Phi) is 4.86. The number of fused-ring (bicyclic) bond motifs is 2. The molecule has 0 unspecified atom stereocenters. The molecule has 0 aliphatic carbocycles. The van der Waals surface area contributed by atoms with Crippen LogP contribution < -0.4 is 15.5 Å².